The Hall–Kier alpha value is -3.65. The number of rotatable bonds is 5. The molecule has 2 aromatic heterocycles. The van der Waals surface area contributed by atoms with Crippen LogP contribution in [0.2, 0.25) is 0 Å². The van der Waals surface area contributed by atoms with E-state index in [0.717, 1.165) is 15.9 Å². The molecule has 2 aromatic carbocycles. The average Bonchev–Trinajstić information content (AvgIpc) is 3.38. The molecule has 0 saturated heterocycles. The van der Waals surface area contributed by atoms with Crippen LogP contribution in [0, 0.1) is 6.92 Å². The molecule has 0 aliphatic carbocycles. The first-order valence-electron chi connectivity index (χ1n) is 9.08. The number of amides is 2. The van der Waals surface area contributed by atoms with Crippen LogP contribution in [-0.4, -0.2) is 21.6 Å². The molecule has 0 fully saturated rings. The number of anilines is 2. The minimum atomic E-state index is -0.388. The van der Waals surface area contributed by atoms with Crippen LogP contribution in [0.1, 0.15) is 26.6 Å². The van der Waals surface area contributed by atoms with Crippen molar-refractivity contribution in [2.75, 3.05) is 10.6 Å². The summed E-state index contributed by atoms with van der Waals surface area (Å²) >= 11 is 3.45. The highest BCUT2D eigenvalue weighted by molar-refractivity contribution is 9.10. The number of hydrogen-bond donors (Lipinski definition) is 2. The molecule has 0 radical (unpaired) electrons. The molecule has 30 heavy (non-hydrogen) atoms. The van der Waals surface area contributed by atoms with Gasteiger partial charge in [0, 0.05) is 21.8 Å². The van der Waals surface area contributed by atoms with Gasteiger partial charge in [-0.2, -0.15) is 5.10 Å². The second-order valence-electron chi connectivity index (χ2n) is 6.53. The number of carbonyl (C=O) groups is 2. The van der Waals surface area contributed by atoms with E-state index < -0.39 is 0 Å². The Morgan fingerprint density at radius 1 is 0.967 bits per heavy atom. The Bertz CT molecular complexity index is 1210. The van der Waals surface area contributed by atoms with Crippen LogP contribution in [0.3, 0.4) is 0 Å². The molecule has 4 aromatic rings. The van der Waals surface area contributed by atoms with Crippen LogP contribution in [0.4, 0.5) is 11.5 Å². The van der Waals surface area contributed by atoms with E-state index in [1.54, 1.807) is 47.1 Å². The molecule has 2 heterocycles. The van der Waals surface area contributed by atoms with Gasteiger partial charge in [0.1, 0.15) is 5.82 Å². The van der Waals surface area contributed by atoms with Gasteiger partial charge in [0.15, 0.2) is 5.76 Å². The fourth-order valence-electron chi connectivity index (χ4n) is 2.92. The van der Waals surface area contributed by atoms with E-state index in [9.17, 15) is 9.59 Å². The third-order valence-corrected chi connectivity index (χ3v) is 4.75. The van der Waals surface area contributed by atoms with Crippen molar-refractivity contribution >= 4 is 39.2 Å². The Kier molecular flexibility index (Phi) is 5.49. The lowest BCUT2D eigenvalue weighted by molar-refractivity contribution is 0.0993. The molecular weight excluding hydrogens is 448 g/mol. The second-order valence-corrected chi connectivity index (χ2v) is 7.44. The van der Waals surface area contributed by atoms with Crippen LogP contribution in [0.15, 0.2) is 81.9 Å². The molecule has 2 amide bonds. The van der Waals surface area contributed by atoms with Crippen LogP contribution in [-0.2, 0) is 0 Å². The van der Waals surface area contributed by atoms with Crippen molar-refractivity contribution in [1.82, 2.24) is 9.78 Å². The molecule has 0 atom stereocenters. The Balaban J connectivity index is 1.54. The Labute approximate surface area is 180 Å². The molecule has 0 bridgehead atoms. The van der Waals surface area contributed by atoms with E-state index in [1.165, 1.54) is 6.26 Å². The highest BCUT2D eigenvalue weighted by Crippen LogP contribution is 2.21. The summed E-state index contributed by atoms with van der Waals surface area (Å²) in [6, 6.07) is 19.3. The predicted molar refractivity (Wildman–Crippen MR) is 117 cm³/mol. The first kappa shape index (κ1) is 19.7. The standard InChI is InChI=1S/C22H17BrN4O3/c1-14-11-20(27(26-14)18-8-3-6-16(23)13-18)25-21(28)15-5-2-7-17(12-15)24-22(29)19-9-4-10-30-19/h2-13H,1H3,(H,24,29)(H,25,28). The first-order chi connectivity index (χ1) is 14.5. The minimum absolute atomic E-state index is 0.193. The number of hydrogen-bond acceptors (Lipinski definition) is 4. The average molecular weight is 465 g/mol. The zero-order valence-electron chi connectivity index (χ0n) is 15.9. The van der Waals surface area contributed by atoms with Gasteiger partial charge in [0.2, 0.25) is 0 Å². The number of aromatic nitrogens is 2. The molecule has 4 rings (SSSR count). The van der Waals surface area contributed by atoms with Crippen LogP contribution < -0.4 is 10.6 Å². The van der Waals surface area contributed by atoms with E-state index in [2.05, 4.69) is 31.7 Å². The van der Waals surface area contributed by atoms with Crippen molar-refractivity contribution in [2.45, 2.75) is 6.92 Å². The van der Waals surface area contributed by atoms with Gasteiger partial charge in [-0.1, -0.05) is 28.1 Å². The monoisotopic (exact) mass is 464 g/mol. The number of furan rings is 1. The minimum Gasteiger partial charge on any atom is -0.459 e. The van der Waals surface area contributed by atoms with Gasteiger partial charge in [0.25, 0.3) is 11.8 Å². The predicted octanol–water partition coefficient (Wildman–Crippen LogP) is 5.04. The highest BCUT2D eigenvalue weighted by Gasteiger charge is 2.14. The first-order valence-corrected chi connectivity index (χ1v) is 9.88. The van der Waals surface area contributed by atoms with E-state index in [4.69, 9.17) is 4.42 Å². The molecule has 0 aliphatic rings. The molecule has 7 nitrogen and oxygen atoms in total. The summed E-state index contributed by atoms with van der Waals surface area (Å²) in [4.78, 5) is 25.0. The van der Waals surface area contributed by atoms with Gasteiger partial charge in [-0.3, -0.25) is 9.59 Å². The van der Waals surface area contributed by atoms with Gasteiger partial charge < -0.3 is 15.1 Å². The maximum Gasteiger partial charge on any atom is 0.291 e. The quantitative estimate of drug-likeness (QED) is 0.432. The third-order valence-electron chi connectivity index (χ3n) is 4.25. The summed E-state index contributed by atoms with van der Waals surface area (Å²) in [5, 5.41) is 10.1. The Morgan fingerprint density at radius 3 is 2.57 bits per heavy atom. The van der Waals surface area contributed by atoms with Crippen molar-refractivity contribution in [3.05, 3.63) is 94.5 Å². The molecule has 2 N–H and O–H groups in total. The lowest BCUT2D eigenvalue weighted by Crippen LogP contribution is -2.16. The number of benzene rings is 2. The van der Waals surface area contributed by atoms with Gasteiger partial charge in [-0.25, -0.2) is 4.68 Å². The number of halogens is 1. The lowest BCUT2D eigenvalue weighted by Gasteiger charge is -2.10. The zero-order valence-corrected chi connectivity index (χ0v) is 17.5. The van der Waals surface area contributed by atoms with Gasteiger partial charge in [-0.05, 0) is 55.5 Å². The third kappa shape index (κ3) is 4.33. The van der Waals surface area contributed by atoms with Crippen molar-refractivity contribution in [2.24, 2.45) is 0 Å². The summed E-state index contributed by atoms with van der Waals surface area (Å²) in [6.45, 7) is 1.86. The number of nitrogens with zero attached hydrogens (tertiary/aromatic N) is 2. The fourth-order valence-corrected chi connectivity index (χ4v) is 3.31. The van der Waals surface area contributed by atoms with Crippen molar-refractivity contribution in [3.8, 4) is 5.69 Å². The Morgan fingerprint density at radius 2 is 1.80 bits per heavy atom. The van der Waals surface area contributed by atoms with Crippen molar-refractivity contribution < 1.29 is 14.0 Å². The maximum absolute atomic E-state index is 12.8. The summed E-state index contributed by atoms with van der Waals surface area (Å²) in [5.74, 6) is 0.0278. The van der Waals surface area contributed by atoms with Crippen LogP contribution >= 0.6 is 15.9 Å². The van der Waals surface area contributed by atoms with E-state index in [0.29, 0.717) is 17.1 Å². The topological polar surface area (TPSA) is 89.2 Å². The van der Waals surface area contributed by atoms with Crippen molar-refractivity contribution in [1.29, 1.82) is 0 Å². The number of aryl methyl sites for hydroxylation is 1. The number of nitrogens with one attached hydrogen (secondary N) is 2. The molecule has 0 saturated carbocycles. The molecule has 0 aliphatic heterocycles. The van der Waals surface area contributed by atoms with E-state index >= 15 is 0 Å². The molecule has 0 unspecified atom stereocenters. The van der Waals surface area contributed by atoms with Gasteiger partial charge in [0.05, 0.1) is 17.6 Å². The second kappa shape index (κ2) is 8.38. The van der Waals surface area contributed by atoms with Crippen LogP contribution in [0.5, 0.6) is 0 Å². The fraction of sp³-hybridized carbons (Fsp3) is 0.0455. The molecular formula is C22H17BrN4O3. The van der Waals surface area contributed by atoms with Gasteiger partial charge >= 0.3 is 0 Å². The van der Waals surface area contributed by atoms with Crippen molar-refractivity contribution in [3.63, 3.8) is 0 Å². The van der Waals surface area contributed by atoms with Crippen LogP contribution in [0.25, 0.3) is 5.69 Å². The summed E-state index contributed by atoms with van der Waals surface area (Å²) < 4.78 is 7.66. The maximum atomic E-state index is 12.8. The van der Waals surface area contributed by atoms with E-state index in [-0.39, 0.29) is 17.6 Å². The van der Waals surface area contributed by atoms with Gasteiger partial charge in [-0.15, -0.1) is 0 Å². The summed E-state index contributed by atoms with van der Waals surface area (Å²) in [6.07, 6.45) is 1.43. The smallest absolute Gasteiger partial charge is 0.291 e. The molecule has 0 spiro atoms. The largest absolute Gasteiger partial charge is 0.459 e. The molecule has 8 heteroatoms. The summed E-state index contributed by atoms with van der Waals surface area (Å²) in [7, 11) is 0. The van der Waals surface area contributed by atoms with E-state index in [1.807, 2.05) is 31.2 Å². The normalized spacial score (nSPS) is 10.6. The zero-order chi connectivity index (χ0) is 21.1. The molecule has 150 valence electrons. The SMILES string of the molecule is Cc1cc(NC(=O)c2cccc(NC(=O)c3ccco3)c2)n(-c2cccc(Br)c2)n1. The number of carbonyl (C=O) groups excluding carboxylic acids is 2. The lowest BCUT2D eigenvalue weighted by atomic mass is 10.2. The highest BCUT2D eigenvalue weighted by atomic mass is 79.9. The summed E-state index contributed by atoms with van der Waals surface area (Å²) in [5.41, 5.74) is 2.46.